The first-order valence-electron chi connectivity index (χ1n) is 8.15. The van der Waals surface area contributed by atoms with Crippen molar-refractivity contribution in [1.29, 1.82) is 0 Å². The predicted molar refractivity (Wildman–Crippen MR) is 94.6 cm³/mol. The molecule has 6 nitrogen and oxygen atoms in total. The summed E-state index contributed by atoms with van der Waals surface area (Å²) in [5.41, 5.74) is 1.31. The van der Waals surface area contributed by atoms with Crippen LogP contribution in [0.25, 0.3) is 11.4 Å². The highest BCUT2D eigenvalue weighted by atomic mass is 16.2. The molecular weight excluding hydrogens is 304 g/mol. The smallest absolute Gasteiger partial charge is 0.251 e. The Kier molecular flexibility index (Phi) is 6.26. The van der Waals surface area contributed by atoms with Gasteiger partial charge in [-0.25, -0.2) is 4.98 Å². The SMILES string of the molecule is CCN(CC)C(=O)CN(C)Cc1cc(=O)[nH]c(-c2ccccc2)n1. The average Bonchev–Trinajstić information content (AvgIpc) is 2.56. The summed E-state index contributed by atoms with van der Waals surface area (Å²) in [6, 6.07) is 11.0. The number of nitrogens with zero attached hydrogens (tertiary/aromatic N) is 3. The van der Waals surface area contributed by atoms with Gasteiger partial charge in [0.2, 0.25) is 5.91 Å². The molecule has 0 aliphatic carbocycles. The first-order valence-corrected chi connectivity index (χ1v) is 8.15. The minimum absolute atomic E-state index is 0.0793. The van der Waals surface area contributed by atoms with Crippen molar-refractivity contribution in [1.82, 2.24) is 19.8 Å². The average molecular weight is 328 g/mol. The molecule has 1 N–H and O–H groups in total. The summed E-state index contributed by atoms with van der Waals surface area (Å²) in [7, 11) is 1.85. The number of carbonyl (C=O) groups excluding carboxylic acids is 1. The number of benzene rings is 1. The quantitative estimate of drug-likeness (QED) is 0.840. The van der Waals surface area contributed by atoms with Crippen LogP contribution in [0.4, 0.5) is 0 Å². The number of hydrogen-bond donors (Lipinski definition) is 1. The van der Waals surface area contributed by atoms with Gasteiger partial charge in [-0.15, -0.1) is 0 Å². The molecule has 0 radical (unpaired) electrons. The fourth-order valence-corrected chi connectivity index (χ4v) is 2.56. The Labute approximate surface area is 142 Å². The summed E-state index contributed by atoms with van der Waals surface area (Å²) in [6.45, 7) is 6.07. The van der Waals surface area contributed by atoms with Crippen LogP contribution in [0, 0.1) is 0 Å². The maximum Gasteiger partial charge on any atom is 0.251 e. The van der Waals surface area contributed by atoms with Crippen LogP contribution in [0.5, 0.6) is 0 Å². The molecule has 6 heteroatoms. The molecule has 1 amide bonds. The highest BCUT2D eigenvalue weighted by molar-refractivity contribution is 5.78. The lowest BCUT2D eigenvalue weighted by atomic mass is 10.2. The second kappa shape index (κ2) is 8.40. The highest BCUT2D eigenvalue weighted by Crippen LogP contribution is 2.13. The van der Waals surface area contributed by atoms with Crippen LogP contribution in [-0.2, 0) is 11.3 Å². The monoisotopic (exact) mass is 328 g/mol. The van der Waals surface area contributed by atoms with Crippen LogP contribution >= 0.6 is 0 Å². The lowest BCUT2D eigenvalue weighted by Crippen LogP contribution is -2.38. The molecule has 1 aromatic carbocycles. The van der Waals surface area contributed by atoms with E-state index >= 15 is 0 Å². The number of likely N-dealkylation sites (N-methyl/N-ethyl adjacent to an activating group) is 2. The number of amides is 1. The van der Waals surface area contributed by atoms with Crippen molar-refractivity contribution in [2.45, 2.75) is 20.4 Å². The number of carbonyl (C=O) groups is 1. The summed E-state index contributed by atoms with van der Waals surface area (Å²) in [4.78, 5) is 35.0. The largest absolute Gasteiger partial charge is 0.342 e. The van der Waals surface area contributed by atoms with Gasteiger partial charge in [0.1, 0.15) is 5.82 Å². The molecule has 0 saturated heterocycles. The van der Waals surface area contributed by atoms with Gasteiger partial charge in [-0.2, -0.15) is 0 Å². The number of hydrogen-bond acceptors (Lipinski definition) is 4. The van der Waals surface area contributed by atoms with E-state index in [-0.39, 0.29) is 11.5 Å². The summed E-state index contributed by atoms with van der Waals surface area (Å²) >= 11 is 0. The maximum absolute atomic E-state index is 12.2. The number of rotatable bonds is 7. The van der Waals surface area contributed by atoms with Crippen molar-refractivity contribution in [2.24, 2.45) is 0 Å². The van der Waals surface area contributed by atoms with Crippen molar-refractivity contribution >= 4 is 5.91 Å². The highest BCUT2D eigenvalue weighted by Gasteiger charge is 2.13. The third-order valence-electron chi connectivity index (χ3n) is 3.80. The lowest BCUT2D eigenvalue weighted by molar-refractivity contribution is -0.131. The molecule has 1 aromatic heterocycles. The van der Waals surface area contributed by atoms with Gasteiger partial charge < -0.3 is 9.88 Å². The van der Waals surface area contributed by atoms with E-state index in [4.69, 9.17) is 0 Å². The first-order chi connectivity index (χ1) is 11.5. The van der Waals surface area contributed by atoms with Crippen LogP contribution in [0.3, 0.4) is 0 Å². The van der Waals surface area contributed by atoms with E-state index in [9.17, 15) is 9.59 Å². The normalized spacial score (nSPS) is 10.8. The van der Waals surface area contributed by atoms with E-state index in [1.165, 1.54) is 6.07 Å². The molecule has 0 spiro atoms. The molecule has 24 heavy (non-hydrogen) atoms. The Bertz CT molecular complexity index is 723. The Balaban J connectivity index is 2.11. The molecule has 0 unspecified atom stereocenters. The molecule has 0 aliphatic heterocycles. The van der Waals surface area contributed by atoms with Crippen LogP contribution in [0.15, 0.2) is 41.2 Å². The van der Waals surface area contributed by atoms with Crippen molar-refractivity contribution in [3.63, 3.8) is 0 Å². The molecule has 0 aliphatic rings. The molecule has 1 heterocycles. The Morgan fingerprint density at radius 1 is 1.17 bits per heavy atom. The van der Waals surface area contributed by atoms with Gasteiger partial charge in [0.15, 0.2) is 0 Å². The molecule has 0 saturated carbocycles. The van der Waals surface area contributed by atoms with E-state index in [1.54, 1.807) is 4.90 Å². The van der Waals surface area contributed by atoms with E-state index < -0.39 is 0 Å². The number of H-pyrrole nitrogens is 1. The summed E-state index contributed by atoms with van der Waals surface area (Å²) in [5.74, 6) is 0.622. The van der Waals surface area contributed by atoms with Crippen LogP contribution in [0.1, 0.15) is 19.5 Å². The van der Waals surface area contributed by atoms with Gasteiger partial charge in [0, 0.05) is 31.3 Å². The summed E-state index contributed by atoms with van der Waals surface area (Å²) in [5, 5.41) is 0. The molecule has 128 valence electrons. The van der Waals surface area contributed by atoms with E-state index in [2.05, 4.69) is 9.97 Å². The zero-order valence-corrected chi connectivity index (χ0v) is 14.5. The topological polar surface area (TPSA) is 69.3 Å². The molecule has 0 fully saturated rings. The summed E-state index contributed by atoms with van der Waals surface area (Å²) < 4.78 is 0. The Morgan fingerprint density at radius 2 is 1.83 bits per heavy atom. The third-order valence-corrected chi connectivity index (χ3v) is 3.80. The third kappa shape index (κ3) is 4.76. The summed E-state index contributed by atoms with van der Waals surface area (Å²) in [6.07, 6.45) is 0. The Morgan fingerprint density at radius 3 is 2.46 bits per heavy atom. The zero-order chi connectivity index (χ0) is 17.5. The van der Waals surface area contributed by atoms with Gasteiger partial charge in [-0.1, -0.05) is 30.3 Å². The zero-order valence-electron chi connectivity index (χ0n) is 14.5. The fraction of sp³-hybridized carbons (Fsp3) is 0.389. The Hall–Kier alpha value is -2.47. The molecular formula is C18H24N4O2. The van der Waals surface area contributed by atoms with Crippen molar-refractivity contribution < 1.29 is 4.79 Å². The second-order valence-corrected chi connectivity index (χ2v) is 5.69. The van der Waals surface area contributed by atoms with Gasteiger partial charge in [-0.05, 0) is 20.9 Å². The molecule has 2 rings (SSSR count). The standard InChI is InChI=1S/C18H24N4O2/c1-4-22(5-2)17(24)13-21(3)12-15-11-16(23)20-18(19-15)14-9-7-6-8-10-14/h6-11H,4-5,12-13H2,1-3H3,(H,19,20,23). The second-order valence-electron chi connectivity index (χ2n) is 5.69. The van der Waals surface area contributed by atoms with E-state index in [0.717, 1.165) is 5.56 Å². The fourth-order valence-electron chi connectivity index (χ4n) is 2.56. The van der Waals surface area contributed by atoms with Crippen LogP contribution in [-0.4, -0.2) is 52.4 Å². The van der Waals surface area contributed by atoms with Crippen molar-refractivity contribution in [3.8, 4) is 11.4 Å². The number of aromatic nitrogens is 2. The van der Waals surface area contributed by atoms with Gasteiger partial charge in [0.05, 0.1) is 12.2 Å². The number of aromatic amines is 1. The first kappa shape index (κ1) is 17.9. The van der Waals surface area contributed by atoms with Crippen molar-refractivity contribution in [2.75, 3.05) is 26.7 Å². The lowest BCUT2D eigenvalue weighted by Gasteiger charge is -2.22. The predicted octanol–water partition coefficient (Wildman–Crippen LogP) is 1.74. The molecule has 2 aromatic rings. The minimum atomic E-state index is -0.192. The van der Waals surface area contributed by atoms with E-state index in [1.807, 2.05) is 56.1 Å². The van der Waals surface area contributed by atoms with E-state index in [0.29, 0.717) is 37.7 Å². The molecule has 0 bridgehead atoms. The van der Waals surface area contributed by atoms with Gasteiger partial charge in [-0.3, -0.25) is 14.5 Å². The van der Waals surface area contributed by atoms with Crippen molar-refractivity contribution in [3.05, 3.63) is 52.4 Å². The maximum atomic E-state index is 12.2. The van der Waals surface area contributed by atoms with Gasteiger partial charge in [0.25, 0.3) is 5.56 Å². The van der Waals surface area contributed by atoms with Crippen LogP contribution < -0.4 is 5.56 Å². The van der Waals surface area contributed by atoms with Crippen LogP contribution in [0.2, 0.25) is 0 Å². The van der Waals surface area contributed by atoms with Gasteiger partial charge >= 0.3 is 0 Å². The number of nitrogens with one attached hydrogen (secondary N) is 1. The molecule has 0 atom stereocenters. The minimum Gasteiger partial charge on any atom is -0.342 e.